The zero-order valence-corrected chi connectivity index (χ0v) is 13.6. The van der Waals surface area contributed by atoms with Crippen molar-refractivity contribution in [1.29, 1.82) is 0 Å². The molecule has 0 bridgehead atoms. The van der Waals surface area contributed by atoms with E-state index in [2.05, 4.69) is 41.4 Å². The fourth-order valence-corrected chi connectivity index (χ4v) is 2.67. The van der Waals surface area contributed by atoms with Crippen LogP contribution in [0.5, 0.6) is 0 Å². The summed E-state index contributed by atoms with van der Waals surface area (Å²) in [7, 11) is 1.85. The molecule has 5 nitrogen and oxygen atoms in total. The lowest BCUT2D eigenvalue weighted by molar-refractivity contribution is 0.00494. The summed E-state index contributed by atoms with van der Waals surface area (Å²) in [4.78, 5) is 8.99. The molecule has 1 aromatic heterocycles. The monoisotopic (exact) mass is 292 g/mol. The van der Waals surface area contributed by atoms with Crippen LogP contribution in [0.25, 0.3) is 0 Å². The molecule has 1 heterocycles. The Labute approximate surface area is 127 Å². The van der Waals surface area contributed by atoms with Gasteiger partial charge in [-0.1, -0.05) is 20.8 Å². The van der Waals surface area contributed by atoms with Crippen LogP contribution in [-0.2, 0) is 0 Å². The Balaban J connectivity index is 2.04. The van der Waals surface area contributed by atoms with Crippen molar-refractivity contribution >= 4 is 11.6 Å². The Kier molecular flexibility index (Phi) is 5.04. The number of nitrogens with one attached hydrogen (secondary N) is 2. The average Bonchev–Trinajstić information content (AvgIpc) is 2.48. The lowest BCUT2D eigenvalue weighted by atomic mass is 9.79. The lowest BCUT2D eigenvalue weighted by Crippen LogP contribution is -2.40. The predicted molar refractivity (Wildman–Crippen MR) is 86.7 cm³/mol. The van der Waals surface area contributed by atoms with E-state index in [4.69, 9.17) is 0 Å². The van der Waals surface area contributed by atoms with Crippen molar-refractivity contribution in [2.24, 2.45) is 5.92 Å². The van der Waals surface area contributed by atoms with Crippen LogP contribution in [0.4, 0.5) is 11.6 Å². The molecule has 0 unspecified atom stereocenters. The highest BCUT2D eigenvalue weighted by Crippen LogP contribution is 2.32. The molecule has 0 radical (unpaired) electrons. The fourth-order valence-electron chi connectivity index (χ4n) is 2.67. The molecule has 2 rings (SSSR count). The summed E-state index contributed by atoms with van der Waals surface area (Å²) in [5, 5.41) is 17.0. The normalized spacial score (nSPS) is 25.9. The van der Waals surface area contributed by atoms with E-state index in [9.17, 15) is 5.11 Å². The van der Waals surface area contributed by atoms with E-state index in [1.165, 1.54) is 0 Å². The summed E-state index contributed by atoms with van der Waals surface area (Å²) in [5.41, 5.74) is -0.602. The van der Waals surface area contributed by atoms with Crippen molar-refractivity contribution in [2.45, 2.75) is 58.0 Å². The van der Waals surface area contributed by atoms with Crippen molar-refractivity contribution in [3.63, 3.8) is 0 Å². The third-order valence-electron chi connectivity index (χ3n) is 4.32. The second-order valence-electron chi connectivity index (χ2n) is 6.66. The van der Waals surface area contributed by atoms with Crippen molar-refractivity contribution in [3.8, 4) is 0 Å². The Morgan fingerprint density at radius 1 is 1.29 bits per heavy atom. The standard InChI is InChI=1S/C16H28N4O/c1-11(2)15-19-13(17-4)9-14(20-15)18-10-16(21)7-5-12(3)6-8-16/h9,11-12,21H,5-8,10H2,1-4H3,(H2,17,18,19,20). The van der Waals surface area contributed by atoms with Gasteiger partial charge in [-0.3, -0.25) is 0 Å². The van der Waals surface area contributed by atoms with Gasteiger partial charge in [0.05, 0.1) is 5.60 Å². The van der Waals surface area contributed by atoms with Gasteiger partial charge in [0.1, 0.15) is 17.5 Å². The van der Waals surface area contributed by atoms with Crippen LogP contribution in [0.15, 0.2) is 6.07 Å². The van der Waals surface area contributed by atoms with Gasteiger partial charge in [-0.05, 0) is 31.6 Å². The van der Waals surface area contributed by atoms with E-state index in [1.807, 2.05) is 13.1 Å². The van der Waals surface area contributed by atoms with Gasteiger partial charge in [-0.2, -0.15) is 0 Å². The Morgan fingerprint density at radius 2 is 1.90 bits per heavy atom. The third-order valence-corrected chi connectivity index (χ3v) is 4.32. The first-order valence-electron chi connectivity index (χ1n) is 7.95. The number of aliphatic hydroxyl groups is 1. The Hall–Kier alpha value is -1.36. The summed E-state index contributed by atoms with van der Waals surface area (Å²) in [6.07, 6.45) is 3.92. The molecule has 0 spiro atoms. The number of anilines is 2. The van der Waals surface area contributed by atoms with Gasteiger partial charge in [0.15, 0.2) is 0 Å². The van der Waals surface area contributed by atoms with E-state index in [-0.39, 0.29) is 5.92 Å². The van der Waals surface area contributed by atoms with Crippen molar-refractivity contribution in [1.82, 2.24) is 9.97 Å². The molecule has 21 heavy (non-hydrogen) atoms. The number of hydrogen-bond donors (Lipinski definition) is 3. The molecule has 118 valence electrons. The number of aromatic nitrogens is 2. The summed E-state index contributed by atoms with van der Waals surface area (Å²) in [6.45, 7) is 6.96. The van der Waals surface area contributed by atoms with Gasteiger partial charge < -0.3 is 15.7 Å². The molecule has 1 fully saturated rings. The smallest absolute Gasteiger partial charge is 0.135 e. The minimum absolute atomic E-state index is 0.275. The van der Waals surface area contributed by atoms with Gasteiger partial charge >= 0.3 is 0 Å². The predicted octanol–water partition coefficient (Wildman–Crippen LogP) is 2.99. The fraction of sp³-hybridized carbons (Fsp3) is 0.750. The van der Waals surface area contributed by atoms with Crippen LogP contribution in [0.2, 0.25) is 0 Å². The maximum atomic E-state index is 10.6. The molecule has 0 aromatic carbocycles. The van der Waals surface area contributed by atoms with E-state index in [0.717, 1.165) is 49.1 Å². The highest BCUT2D eigenvalue weighted by atomic mass is 16.3. The second kappa shape index (κ2) is 6.60. The highest BCUT2D eigenvalue weighted by molar-refractivity contribution is 5.47. The maximum Gasteiger partial charge on any atom is 0.135 e. The van der Waals surface area contributed by atoms with Crippen molar-refractivity contribution in [3.05, 3.63) is 11.9 Å². The van der Waals surface area contributed by atoms with Crippen LogP contribution in [0.1, 0.15) is 58.2 Å². The van der Waals surface area contributed by atoms with Crippen LogP contribution < -0.4 is 10.6 Å². The first-order chi connectivity index (χ1) is 9.92. The summed E-state index contributed by atoms with van der Waals surface area (Å²) in [5.74, 6) is 3.41. The van der Waals surface area contributed by atoms with Gasteiger partial charge in [-0.15, -0.1) is 0 Å². The molecular weight excluding hydrogens is 264 g/mol. The van der Waals surface area contributed by atoms with E-state index >= 15 is 0 Å². The molecule has 0 saturated heterocycles. The topological polar surface area (TPSA) is 70.1 Å². The number of rotatable bonds is 5. The molecule has 5 heteroatoms. The van der Waals surface area contributed by atoms with Crippen LogP contribution in [0, 0.1) is 5.92 Å². The summed E-state index contributed by atoms with van der Waals surface area (Å²) in [6, 6.07) is 1.89. The van der Waals surface area contributed by atoms with Gasteiger partial charge in [0.2, 0.25) is 0 Å². The minimum atomic E-state index is -0.602. The molecule has 3 N–H and O–H groups in total. The summed E-state index contributed by atoms with van der Waals surface area (Å²) < 4.78 is 0. The zero-order chi connectivity index (χ0) is 15.5. The van der Waals surface area contributed by atoms with Crippen LogP contribution >= 0.6 is 0 Å². The number of hydrogen-bond acceptors (Lipinski definition) is 5. The number of nitrogens with zero attached hydrogens (tertiary/aromatic N) is 2. The molecule has 0 aliphatic heterocycles. The van der Waals surface area contributed by atoms with Crippen molar-refractivity contribution in [2.75, 3.05) is 24.2 Å². The molecule has 0 amide bonds. The average molecular weight is 292 g/mol. The minimum Gasteiger partial charge on any atom is -0.388 e. The molecule has 1 saturated carbocycles. The highest BCUT2D eigenvalue weighted by Gasteiger charge is 2.31. The van der Waals surface area contributed by atoms with Crippen molar-refractivity contribution < 1.29 is 5.11 Å². The second-order valence-corrected chi connectivity index (χ2v) is 6.66. The van der Waals surface area contributed by atoms with E-state index < -0.39 is 5.60 Å². The quantitative estimate of drug-likeness (QED) is 0.778. The SMILES string of the molecule is CNc1cc(NCC2(O)CCC(C)CC2)nc(C(C)C)n1. The van der Waals surface area contributed by atoms with Gasteiger partial charge in [0, 0.05) is 25.6 Å². The first kappa shape index (κ1) is 16.0. The summed E-state index contributed by atoms with van der Waals surface area (Å²) >= 11 is 0. The van der Waals surface area contributed by atoms with Gasteiger partial charge in [0.25, 0.3) is 0 Å². The van der Waals surface area contributed by atoms with Gasteiger partial charge in [-0.25, -0.2) is 9.97 Å². The van der Waals surface area contributed by atoms with Crippen LogP contribution in [0.3, 0.4) is 0 Å². The molecule has 1 aliphatic carbocycles. The zero-order valence-electron chi connectivity index (χ0n) is 13.6. The Bertz CT molecular complexity index is 467. The molecule has 0 atom stereocenters. The molecule has 1 aliphatic rings. The molecule has 1 aromatic rings. The largest absolute Gasteiger partial charge is 0.388 e. The van der Waals surface area contributed by atoms with Crippen LogP contribution in [-0.4, -0.2) is 34.3 Å². The van der Waals surface area contributed by atoms with E-state index in [0.29, 0.717) is 6.54 Å². The Morgan fingerprint density at radius 3 is 2.48 bits per heavy atom. The van der Waals surface area contributed by atoms with E-state index in [1.54, 1.807) is 0 Å². The third kappa shape index (κ3) is 4.30. The molecular formula is C16H28N4O. The lowest BCUT2D eigenvalue weighted by Gasteiger charge is -2.35. The first-order valence-corrected chi connectivity index (χ1v) is 7.95. The maximum absolute atomic E-state index is 10.6.